The lowest BCUT2D eigenvalue weighted by Crippen LogP contribution is -2.36. The summed E-state index contributed by atoms with van der Waals surface area (Å²) in [5, 5.41) is 2.87. The van der Waals surface area contributed by atoms with Crippen LogP contribution in [0.25, 0.3) is 0 Å². The van der Waals surface area contributed by atoms with Crippen molar-refractivity contribution in [2.24, 2.45) is 0 Å². The summed E-state index contributed by atoms with van der Waals surface area (Å²) in [4.78, 5) is 27.1. The highest BCUT2D eigenvalue weighted by molar-refractivity contribution is 9.10. The second-order valence-corrected chi connectivity index (χ2v) is 7.76. The molecule has 0 fully saturated rings. The van der Waals surface area contributed by atoms with Gasteiger partial charge in [-0.3, -0.25) is 9.59 Å². The summed E-state index contributed by atoms with van der Waals surface area (Å²) in [5.41, 5.74) is 2.91. The van der Waals surface area contributed by atoms with Crippen molar-refractivity contribution < 1.29 is 14.0 Å². The Bertz CT molecular complexity index is 1080. The number of amides is 2. The van der Waals surface area contributed by atoms with Gasteiger partial charge in [0.05, 0.1) is 5.56 Å². The van der Waals surface area contributed by atoms with Crippen LogP contribution >= 0.6 is 15.9 Å². The molecule has 0 spiro atoms. The lowest BCUT2D eigenvalue weighted by atomic mass is 9.98. The van der Waals surface area contributed by atoms with Crippen LogP contribution in [0, 0.1) is 5.82 Å². The number of fused-ring (bicyclic) bond motifs is 1. The van der Waals surface area contributed by atoms with Gasteiger partial charge < -0.3 is 10.2 Å². The summed E-state index contributed by atoms with van der Waals surface area (Å²) in [7, 11) is 0. The highest BCUT2D eigenvalue weighted by atomic mass is 79.9. The van der Waals surface area contributed by atoms with Gasteiger partial charge in [0, 0.05) is 28.0 Å². The van der Waals surface area contributed by atoms with Crippen molar-refractivity contribution in [2.75, 3.05) is 16.8 Å². The molecular weight excluding hydrogens is 435 g/mol. The van der Waals surface area contributed by atoms with Gasteiger partial charge in [-0.15, -0.1) is 0 Å². The largest absolute Gasteiger partial charge is 0.322 e. The van der Waals surface area contributed by atoms with Crippen molar-refractivity contribution in [3.63, 3.8) is 0 Å². The number of nitrogens with one attached hydrogen (secondary N) is 1. The standard InChI is InChI=1S/C23H18BrFN2O2/c24-17-8-10-18(11-9-17)26-22(28)16-7-12-21-15(14-16)4-3-13-27(21)23(29)19-5-1-2-6-20(19)25/h1-2,5-12,14H,3-4,13H2,(H,26,28). The molecule has 3 aromatic carbocycles. The molecule has 4 nitrogen and oxygen atoms in total. The molecule has 6 heteroatoms. The van der Waals surface area contributed by atoms with Crippen LogP contribution in [-0.4, -0.2) is 18.4 Å². The molecule has 0 saturated carbocycles. The van der Waals surface area contributed by atoms with Crippen LogP contribution in [-0.2, 0) is 6.42 Å². The maximum absolute atomic E-state index is 14.1. The fourth-order valence-electron chi connectivity index (χ4n) is 3.47. The molecule has 4 rings (SSSR count). The van der Waals surface area contributed by atoms with E-state index < -0.39 is 5.82 Å². The molecule has 1 N–H and O–H groups in total. The van der Waals surface area contributed by atoms with E-state index in [4.69, 9.17) is 0 Å². The maximum atomic E-state index is 14.1. The van der Waals surface area contributed by atoms with E-state index in [0.29, 0.717) is 17.8 Å². The zero-order valence-electron chi connectivity index (χ0n) is 15.5. The van der Waals surface area contributed by atoms with E-state index in [-0.39, 0.29) is 17.4 Å². The van der Waals surface area contributed by atoms with Gasteiger partial charge in [-0.1, -0.05) is 28.1 Å². The molecule has 0 aliphatic carbocycles. The molecule has 146 valence electrons. The van der Waals surface area contributed by atoms with Gasteiger partial charge in [-0.25, -0.2) is 4.39 Å². The predicted molar refractivity (Wildman–Crippen MR) is 115 cm³/mol. The van der Waals surface area contributed by atoms with Gasteiger partial charge in [0.2, 0.25) is 0 Å². The first-order valence-corrected chi connectivity index (χ1v) is 10.1. The van der Waals surface area contributed by atoms with Crippen LogP contribution in [0.5, 0.6) is 0 Å². The predicted octanol–water partition coefficient (Wildman–Crippen LogP) is 5.43. The van der Waals surface area contributed by atoms with E-state index in [0.717, 1.165) is 28.6 Å². The smallest absolute Gasteiger partial charge is 0.261 e. The number of nitrogens with zero attached hydrogens (tertiary/aromatic N) is 1. The summed E-state index contributed by atoms with van der Waals surface area (Å²) in [6, 6.07) is 18.6. The Kier molecular flexibility index (Phi) is 5.45. The van der Waals surface area contributed by atoms with E-state index in [2.05, 4.69) is 21.2 Å². The number of anilines is 2. The third-order valence-corrected chi connectivity index (χ3v) is 5.44. The average Bonchev–Trinajstić information content (AvgIpc) is 2.74. The van der Waals surface area contributed by atoms with E-state index >= 15 is 0 Å². The summed E-state index contributed by atoms with van der Waals surface area (Å²) in [6.45, 7) is 0.518. The van der Waals surface area contributed by atoms with Crippen LogP contribution in [0.15, 0.2) is 71.2 Å². The molecule has 0 atom stereocenters. The van der Waals surface area contributed by atoms with Crippen LogP contribution in [0.1, 0.15) is 32.7 Å². The first kappa shape index (κ1) is 19.3. The molecule has 0 bridgehead atoms. The van der Waals surface area contributed by atoms with Crippen LogP contribution in [0.3, 0.4) is 0 Å². The Labute approximate surface area is 176 Å². The Morgan fingerprint density at radius 1 is 1.00 bits per heavy atom. The molecular formula is C23H18BrFN2O2. The van der Waals surface area contributed by atoms with Crippen LogP contribution in [0.4, 0.5) is 15.8 Å². The second-order valence-electron chi connectivity index (χ2n) is 6.84. The molecule has 2 amide bonds. The minimum absolute atomic E-state index is 0.0532. The highest BCUT2D eigenvalue weighted by Crippen LogP contribution is 2.30. The van der Waals surface area contributed by atoms with Crippen LogP contribution in [0.2, 0.25) is 0 Å². The molecule has 3 aromatic rings. The summed E-state index contributed by atoms with van der Waals surface area (Å²) < 4.78 is 15.0. The highest BCUT2D eigenvalue weighted by Gasteiger charge is 2.26. The third-order valence-electron chi connectivity index (χ3n) is 4.91. The molecule has 1 aliphatic heterocycles. The normalized spacial score (nSPS) is 13.0. The fraction of sp³-hybridized carbons (Fsp3) is 0.130. The van der Waals surface area contributed by atoms with E-state index in [9.17, 15) is 14.0 Å². The molecule has 0 unspecified atom stereocenters. The van der Waals surface area contributed by atoms with Gasteiger partial charge in [-0.2, -0.15) is 0 Å². The molecule has 29 heavy (non-hydrogen) atoms. The first-order valence-electron chi connectivity index (χ1n) is 9.29. The van der Waals surface area contributed by atoms with Gasteiger partial charge in [-0.05, 0) is 73.0 Å². The third kappa shape index (κ3) is 4.07. The van der Waals surface area contributed by atoms with E-state index in [1.807, 2.05) is 30.3 Å². The topological polar surface area (TPSA) is 49.4 Å². The zero-order chi connectivity index (χ0) is 20.4. The monoisotopic (exact) mass is 452 g/mol. The minimum atomic E-state index is -0.532. The summed E-state index contributed by atoms with van der Waals surface area (Å²) in [6.07, 6.45) is 1.51. The average molecular weight is 453 g/mol. The Hall–Kier alpha value is -2.99. The van der Waals surface area contributed by atoms with Gasteiger partial charge in [0.25, 0.3) is 11.8 Å². The maximum Gasteiger partial charge on any atom is 0.261 e. The van der Waals surface area contributed by atoms with Crippen molar-refractivity contribution in [3.05, 3.63) is 93.7 Å². The Morgan fingerprint density at radius 3 is 2.52 bits per heavy atom. The van der Waals surface area contributed by atoms with Crippen molar-refractivity contribution >= 4 is 39.1 Å². The summed E-state index contributed by atoms with van der Waals surface area (Å²) in [5.74, 6) is -1.11. The Morgan fingerprint density at radius 2 is 1.76 bits per heavy atom. The number of hydrogen-bond donors (Lipinski definition) is 1. The molecule has 1 heterocycles. The summed E-state index contributed by atoms with van der Waals surface area (Å²) >= 11 is 3.37. The molecule has 0 radical (unpaired) electrons. The van der Waals surface area contributed by atoms with Gasteiger partial charge in [0.1, 0.15) is 5.82 Å². The SMILES string of the molecule is O=C(Nc1ccc(Br)cc1)c1ccc2c(c1)CCCN2C(=O)c1ccccc1F. The van der Waals surface area contributed by atoms with E-state index in [1.165, 1.54) is 12.1 Å². The fourth-order valence-corrected chi connectivity index (χ4v) is 3.73. The number of carbonyl (C=O) groups is 2. The lowest BCUT2D eigenvalue weighted by molar-refractivity contribution is 0.0980. The number of rotatable bonds is 3. The van der Waals surface area contributed by atoms with Crippen molar-refractivity contribution in [3.8, 4) is 0 Å². The van der Waals surface area contributed by atoms with Crippen molar-refractivity contribution in [1.82, 2.24) is 0 Å². The molecule has 1 aliphatic rings. The number of benzene rings is 3. The number of aryl methyl sites for hydroxylation is 1. The van der Waals surface area contributed by atoms with Gasteiger partial charge in [0.15, 0.2) is 0 Å². The number of carbonyl (C=O) groups excluding carboxylic acids is 2. The first-order chi connectivity index (χ1) is 14.0. The molecule has 0 saturated heterocycles. The Balaban J connectivity index is 1.58. The van der Waals surface area contributed by atoms with Gasteiger partial charge >= 0.3 is 0 Å². The number of halogens is 2. The van der Waals surface area contributed by atoms with Crippen LogP contribution < -0.4 is 10.2 Å². The number of hydrogen-bond acceptors (Lipinski definition) is 2. The lowest BCUT2D eigenvalue weighted by Gasteiger charge is -2.30. The van der Waals surface area contributed by atoms with Crippen molar-refractivity contribution in [1.29, 1.82) is 0 Å². The minimum Gasteiger partial charge on any atom is -0.322 e. The quantitative estimate of drug-likeness (QED) is 0.575. The van der Waals surface area contributed by atoms with E-state index in [1.54, 1.807) is 29.2 Å². The second kappa shape index (κ2) is 8.17. The van der Waals surface area contributed by atoms with Crippen molar-refractivity contribution in [2.45, 2.75) is 12.8 Å². The molecule has 0 aromatic heterocycles. The zero-order valence-corrected chi connectivity index (χ0v) is 17.1.